The molecule has 2 rings (SSSR count). The molecule has 0 unspecified atom stereocenters. The van der Waals surface area contributed by atoms with Gasteiger partial charge in [-0.3, -0.25) is 4.79 Å². The molecule has 2 N–H and O–H groups in total. The van der Waals surface area contributed by atoms with Crippen molar-refractivity contribution >= 4 is 5.91 Å². The number of amides is 1. The number of piperidine rings is 1. The Morgan fingerprint density at radius 3 is 2.43 bits per heavy atom. The van der Waals surface area contributed by atoms with Crippen LogP contribution in [0.25, 0.3) is 0 Å². The molecule has 0 spiro atoms. The van der Waals surface area contributed by atoms with Crippen LogP contribution in [-0.2, 0) is 16.6 Å². The summed E-state index contributed by atoms with van der Waals surface area (Å²) in [6.45, 7) is 9.63. The summed E-state index contributed by atoms with van der Waals surface area (Å²) in [5.74, 6) is 0.932. The maximum Gasteiger partial charge on any atom is 0.220 e. The molecule has 0 saturated carbocycles. The molecule has 1 aliphatic heterocycles. The van der Waals surface area contributed by atoms with Crippen molar-refractivity contribution in [2.75, 3.05) is 19.6 Å². The Balaban J connectivity index is 1.65. The first kappa shape index (κ1) is 18.0. The zero-order valence-corrected chi connectivity index (χ0v) is 15.0. The molecule has 1 fully saturated rings. The van der Waals surface area contributed by atoms with Crippen molar-refractivity contribution in [2.24, 2.45) is 5.92 Å². The molecule has 128 valence electrons. The van der Waals surface area contributed by atoms with Crippen molar-refractivity contribution in [2.45, 2.75) is 58.3 Å². The molecule has 1 aliphatic rings. The zero-order chi connectivity index (χ0) is 16.7. The van der Waals surface area contributed by atoms with Gasteiger partial charge in [0.2, 0.25) is 5.91 Å². The monoisotopic (exact) mass is 316 g/mol. The molecule has 23 heavy (non-hydrogen) atoms. The van der Waals surface area contributed by atoms with Crippen LogP contribution in [0.2, 0.25) is 0 Å². The maximum absolute atomic E-state index is 11.9. The second-order valence-electron chi connectivity index (χ2n) is 7.78. The molecular formula is C20H32N2O. The first-order valence-electron chi connectivity index (χ1n) is 9.02. The Kier molecular flexibility index (Phi) is 6.64. The Bertz CT molecular complexity index is 481. The van der Waals surface area contributed by atoms with Crippen LogP contribution in [0.1, 0.15) is 57.6 Å². The topological polar surface area (TPSA) is 41.1 Å². The third-order valence-corrected chi connectivity index (χ3v) is 4.79. The summed E-state index contributed by atoms with van der Waals surface area (Å²) in [4.78, 5) is 11.9. The smallest absolute Gasteiger partial charge is 0.220 e. The normalized spacial score (nSPS) is 16.3. The third kappa shape index (κ3) is 6.34. The number of hydrogen-bond donors (Lipinski definition) is 2. The van der Waals surface area contributed by atoms with Crippen molar-refractivity contribution in [3.8, 4) is 0 Å². The van der Waals surface area contributed by atoms with Gasteiger partial charge in [0, 0.05) is 13.0 Å². The van der Waals surface area contributed by atoms with Crippen LogP contribution >= 0.6 is 0 Å². The summed E-state index contributed by atoms with van der Waals surface area (Å²) in [6.07, 6.45) is 5.05. The van der Waals surface area contributed by atoms with Gasteiger partial charge in [0.05, 0.1) is 0 Å². The highest BCUT2D eigenvalue weighted by Crippen LogP contribution is 2.22. The molecule has 0 atom stereocenters. The summed E-state index contributed by atoms with van der Waals surface area (Å²) < 4.78 is 0. The highest BCUT2D eigenvalue weighted by Gasteiger charge is 2.14. The number of rotatable bonds is 6. The first-order valence-corrected chi connectivity index (χ1v) is 9.02. The average Bonchev–Trinajstić information content (AvgIpc) is 2.53. The van der Waals surface area contributed by atoms with Gasteiger partial charge in [-0.1, -0.05) is 45.0 Å². The van der Waals surface area contributed by atoms with Gasteiger partial charge in [0.1, 0.15) is 0 Å². The second kappa shape index (κ2) is 8.49. The molecule has 0 aliphatic carbocycles. The van der Waals surface area contributed by atoms with E-state index in [1.54, 1.807) is 0 Å². The van der Waals surface area contributed by atoms with E-state index in [0.29, 0.717) is 6.42 Å². The Morgan fingerprint density at radius 2 is 1.83 bits per heavy atom. The van der Waals surface area contributed by atoms with Gasteiger partial charge in [0.25, 0.3) is 0 Å². The number of carbonyl (C=O) groups is 1. The van der Waals surface area contributed by atoms with Crippen molar-refractivity contribution in [3.63, 3.8) is 0 Å². The lowest BCUT2D eigenvalue weighted by Crippen LogP contribution is -2.30. The first-order chi connectivity index (χ1) is 10.9. The molecule has 1 amide bonds. The van der Waals surface area contributed by atoms with Gasteiger partial charge in [-0.15, -0.1) is 0 Å². The van der Waals surface area contributed by atoms with Gasteiger partial charge >= 0.3 is 0 Å². The van der Waals surface area contributed by atoms with E-state index in [4.69, 9.17) is 0 Å². The predicted octanol–water partition coefficient (Wildman–Crippen LogP) is 3.42. The van der Waals surface area contributed by atoms with Crippen LogP contribution in [0, 0.1) is 5.92 Å². The van der Waals surface area contributed by atoms with Gasteiger partial charge in [-0.05, 0) is 61.2 Å². The van der Waals surface area contributed by atoms with E-state index in [1.807, 2.05) is 0 Å². The van der Waals surface area contributed by atoms with E-state index in [2.05, 4.69) is 55.7 Å². The number of nitrogens with one attached hydrogen (secondary N) is 2. The van der Waals surface area contributed by atoms with Crippen LogP contribution < -0.4 is 10.6 Å². The van der Waals surface area contributed by atoms with E-state index < -0.39 is 0 Å². The number of carbonyl (C=O) groups excluding carboxylic acids is 1. The minimum Gasteiger partial charge on any atom is -0.356 e. The fourth-order valence-electron chi connectivity index (χ4n) is 3.11. The molecule has 0 aromatic heterocycles. The largest absolute Gasteiger partial charge is 0.356 e. The molecular weight excluding hydrogens is 284 g/mol. The molecule has 1 saturated heterocycles. The lowest BCUT2D eigenvalue weighted by atomic mass is 9.86. The third-order valence-electron chi connectivity index (χ3n) is 4.79. The zero-order valence-electron chi connectivity index (χ0n) is 15.0. The lowest BCUT2D eigenvalue weighted by molar-refractivity contribution is -0.121. The van der Waals surface area contributed by atoms with Crippen LogP contribution in [0.3, 0.4) is 0 Å². The van der Waals surface area contributed by atoms with Gasteiger partial charge in [-0.2, -0.15) is 0 Å². The maximum atomic E-state index is 11.9. The fourth-order valence-corrected chi connectivity index (χ4v) is 3.11. The summed E-state index contributed by atoms with van der Waals surface area (Å²) in [7, 11) is 0. The summed E-state index contributed by atoms with van der Waals surface area (Å²) in [5, 5.41) is 6.43. The van der Waals surface area contributed by atoms with Crippen molar-refractivity contribution in [1.29, 1.82) is 0 Å². The van der Waals surface area contributed by atoms with Crippen LogP contribution in [-0.4, -0.2) is 25.5 Å². The van der Waals surface area contributed by atoms with Crippen LogP contribution in [0.4, 0.5) is 0 Å². The fraction of sp³-hybridized carbons (Fsp3) is 0.650. The van der Waals surface area contributed by atoms with Crippen LogP contribution in [0.15, 0.2) is 24.3 Å². The SMILES string of the molecule is CC(C)(C)c1ccc(CCNC(=O)CCC2CCNCC2)cc1. The molecule has 0 bridgehead atoms. The highest BCUT2D eigenvalue weighted by atomic mass is 16.1. The predicted molar refractivity (Wildman–Crippen MR) is 96.7 cm³/mol. The minimum atomic E-state index is 0.196. The van der Waals surface area contributed by atoms with E-state index in [1.165, 1.54) is 24.0 Å². The quantitative estimate of drug-likeness (QED) is 0.844. The average molecular weight is 316 g/mol. The second-order valence-corrected chi connectivity index (χ2v) is 7.78. The van der Waals surface area contributed by atoms with Crippen LogP contribution in [0.5, 0.6) is 0 Å². The number of hydrogen-bond acceptors (Lipinski definition) is 2. The van der Waals surface area contributed by atoms with Crippen molar-refractivity contribution in [1.82, 2.24) is 10.6 Å². The lowest BCUT2D eigenvalue weighted by Gasteiger charge is -2.22. The van der Waals surface area contributed by atoms with Crippen molar-refractivity contribution < 1.29 is 4.79 Å². The highest BCUT2D eigenvalue weighted by molar-refractivity contribution is 5.75. The van der Waals surface area contributed by atoms with Gasteiger partial charge < -0.3 is 10.6 Å². The Labute approximate surface area is 141 Å². The van der Waals surface area contributed by atoms with E-state index in [0.717, 1.165) is 38.4 Å². The van der Waals surface area contributed by atoms with Crippen molar-refractivity contribution in [3.05, 3.63) is 35.4 Å². The van der Waals surface area contributed by atoms with E-state index in [-0.39, 0.29) is 11.3 Å². The summed E-state index contributed by atoms with van der Waals surface area (Å²) in [5.41, 5.74) is 2.84. The van der Waals surface area contributed by atoms with Gasteiger partial charge in [-0.25, -0.2) is 0 Å². The molecule has 0 radical (unpaired) electrons. The van der Waals surface area contributed by atoms with E-state index in [9.17, 15) is 4.79 Å². The Morgan fingerprint density at radius 1 is 1.17 bits per heavy atom. The standard InChI is InChI=1S/C20H32N2O/c1-20(2,3)18-7-4-16(5-8-18)12-15-22-19(23)9-6-17-10-13-21-14-11-17/h4-5,7-8,17,21H,6,9-15H2,1-3H3,(H,22,23). The Hall–Kier alpha value is -1.35. The van der Waals surface area contributed by atoms with Gasteiger partial charge in [0.15, 0.2) is 0 Å². The summed E-state index contributed by atoms with van der Waals surface area (Å²) in [6, 6.07) is 8.77. The molecule has 3 nitrogen and oxygen atoms in total. The summed E-state index contributed by atoms with van der Waals surface area (Å²) >= 11 is 0. The molecule has 1 aromatic rings. The molecule has 3 heteroatoms. The molecule has 1 aromatic carbocycles. The number of benzene rings is 1. The van der Waals surface area contributed by atoms with E-state index >= 15 is 0 Å². The minimum absolute atomic E-state index is 0.196. The molecule has 1 heterocycles.